The third kappa shape index (κ3) is 1.48. The highest BCUT2D eigenvalue weighted by Crippen LogP contribution is 2.33. The molecule has 0 aliphatic carbocycles. The maximum absolute atomic E-state index is 3.37. The van der Waals surface area contributed by atoms with Crippen molar-refractivity contribution in [3.05, 3.63) is 23.5 Å². The summed E-state index contributed by atoms with van der Waals surface area (Å²) in [5.74, 6) is 0. The number of nitrogens with one attached hydrogen (secondary N) is 1. The van der Waals surface area contributed by atoms with Crippen molar-refractivity contribution in [2.45, 2.75) is 45.2 Å². The molecule has 1 aliphatic rings. The highest BCUT2D eigenvalue weighted by atomic mass is 15.2. The Bertz CT molecular complexity index is 303. The topological polar surface area (TPSA) is 19.0 Å². The number of likely N-dealkylation sites (N-methyl/N-ethyl adjacent to an activating group) is 1. The number of aromatic amines is 1. The van der Waals surface area contributed by atoms with E-state index in [4.69, 9.17) is 0 Å². The molecule has 2 nitrogen and oxygen atoms in total. The van der Waals surface area contributed by atoms with Crippen LogP contribution in [0.3, 0.4) is 0 Å². The SMILES string of the molecule is CCC[C@@H]1c2cc[nH]c2C[C@@H](C)N1C. The monoisotopic (exact) mass is 192 g/mol. The molecule has 0 bridgehead atoms. The van der Waals surface area contributed by atoms with Gasteiger partial charge in [0.2, 0.25) is 0 Å². The molecule has 1 aromatic heterocycles. The van der Waals surface area contributed by atoms with Gasteiger partial charge in [0.05, 0.1) is 0 Å². The Morgan fingerprint density at radius 1 is 1.57 bits per heavy atom. The van der Waals surface area contributed by atoms with Gasteiger partial charge in [0.25, 0.3) is 0 Å². The maximum Gasteiger partial charge on any atom is 0.0365 e. The van der Waals surface area contributed by atoms with Crippen LogP contribution in [0.25, 0.3) is 0 Å². The minimum Gasteiger partial charge on any atom is -0.365 e. The van der Waals surface area contributed by atoms with Crippen LogP contribution in [0.4, 0.5) is 0 Å². The first kappa shape index (κ1) is 9.78. The summed E-state index contributed by atoms with van der Waals surface area (Å²) in [6, 6.07) is 3.54. The number of fused-ring (bicyclic) bond motifs is 1. The van der Waals surface area contributed by atoms with Gasteiger partial charge in [-0.25, -0.2) is 0 Å². The molecule has 0 fully saturated rings. The summed E-state index contributed by atoms with van der Waals surface area (Å²) in [5, 5.41) is 0. The van der Waals surface area contributed by atoms with E-state index in [1.54, 1.807) is 0 Å². The Morgan fingerprint density at radius 3 is 3.07 bits per heavy atom. The van der Waals surface area contributed by atoms with Gasteiger partial charge in [-0.15, -0.1) is 0 Å². The number of H-pyrrole nitrogens is 1. The van der Waals surface area contributed by atoms with Crippen LogP contribution in [0.2, 0.25) is 0 Å². The average molecular weight is 192 g/mol. The van der Waals surface area contributed by atoms with E-state index in [0.717, 1.165) is 0 Å². The summed E-state index contributed by atoms with van der Waals surface area (Å²) in [5.41, 5.74) is 2.97. The van der Waals surface area contributed by atoms with E-state index in [-0.39, 0.29) is 0 Å². The number of rotatable bonds is 2. The number of hydrogen-bond acceptors (Lipinski definition) is 1. The van der Waals surface area contributed by atoms with Crippen LogP contribution < -0.4 is 0 Å². The van der Waals surface area contributed by atoms with Gasteiger partial charge < -0.3 is 4.98 Å². The van der Waals surface area contributed by atoms with E-state index in [2.05, 4.69) is 43.0 Å². The van der Waals surface area contributed by atoms with Crippen molar-refractivity contribution in [2.24, 2.45) is 0 Å². The first-order valence-electron chi connectivity index (χ1n) is 5.62. The van der Waals surface area contributed by atoms with Crippen molar-refractivity contribution < 1.29 is 0 Å². The highest BCUT2D eigenvalue weighted by molar-refractivity contribution is 5.28. The first-order valence-corrected chi connectivity index (χ1v) is 5.62. The third-order valence-electron chi connectivity index (χ3n) is 3.48. The van der Waals surface area contributed by atoms with Crippen LogP contribution >= 0.6 is 0 Å². The number of aromatic nitrogens is 1. The molecule has 2 heteroatoms. The Balaban J connectivity index is 2.30. The second-order valence-electron chi connectivity index (χ2n) is 4.43. The zero-order chi connectivity index (χ0) is 10.1. The van der Waals surface area contributed by atoms with Crippen molar-refractivity contribution in [3.8, 4) is 0 Å². The first-order chi connectivity index (χ1) is 6.74. The number of nitrogens with zero attached hydrogens (tertiary/aromatic N) is 1. The Hall–Kier alpha value is -0.760. The van der Waals surface area contributed by atoms with Crippen molar-refractivity contribution in [1.29, 1.82) is 0 Å². The molecule has 0 saturated carbocycles. The predicted molar refractivity (Wildman–Crippen MR) is 59.4 cm³/mol. The van der Waals surface area contributed by atoms with Gasteiger partial charge in [0.15, 0.2) is 0 Å². The van der Waals surface area contributed by atoms with Gasteiger partial charge in [-0.2, -0.15) is 0 Å². The van der Waals surface area contributed by atoms with Crippen LogP contribution in [0, 0.1) is 0 Å². The molecule has 0 aromatic carbocycles. The molecular formula is C12H20N2. The molecular weight excluding hydrogens is 172 g/mol. The zero-order valence-electron chi connectivity index (χ0n) is 9.38. The molecule has 2 rings (SSSR count). The molecule has 0 saturated heterocycles. The molecule has 0 spiro atoms. The van der Waals surface area contributed by atoms with E-state index in [1.807, 2.05) is 0 Å². The van der Waals surface area contributed by atoms with Gasteiger partial charge in [0, 0.05) is 30.4 Å². The molecule has 1 N–H and O–H groups in total. The summed E-state index contributed by atoms with van der Waals surface area (Å²) >= 11 is 0. The van der Waals surface area contributed by atoms with Gasteiger partial charge in [0.1, 0.15) is 0 Å². The highest BCUT2D eigenvalue weighted by Gasteiger charge is 2.29. The van der Waals surface area contributed by atoms with Crippen molar-refractivity contribution in [2.75, 3.05) is 7.05 Å². The summed E-state index contributed by atoms with van der Waals surface area (Å²) in [4.78, 5) is 5.88. The predicted octanol–water partition coefficient (Wildman–Crippen LogP) is 2.73. The van der Waals surface area contributed by atoms with E-state index >= 15 is 0 Å². The molecule has 0 radical (unpaired) electrons. The van der Waals surface area contributed by atoms with Crippen LogP contribution in [-0.2, 0) is 6.42 Å². The quantitative estimate of drug-likeness (QED) is 0.763. The summed E-state index contributed by atoms with van der Waals surface area (Å²) in [6.45, 7) is 4.58. The fourth-order valence-corrected chi connectivity index (χ4v) is 2.50. The largest absolute Gasteiger partial charge is 0.365 e. The smallest absolute Gasteiger partial charge is 0.0365 e. The Kier molecular flexibility index (Phi) is 2.64. The maximum atomic E-state index is 3.37. The lowest BCUT2D eigenvalue weighted by Gasteiger charge is -2.37. The summed E-state index contributed by atoms with van der Waals surface area (Å²) < 4.78 is 0. The van der Waals surface area contributed by atoms with E-state index in [9.17, 15) is 0 Å². The second kappa shape index (κ2) is 3.77. The van der Waals surface area contributed by atoms with Gasteiger partial charge in [-0.1, -0.05) is 13.3 Å². The molecule has 14 heavy (non-hydrogen) atoms. The van der Waals surface area contributed by atoms with E-state index < -0.39 is 0 Å². The molecule has 0 unspecified atom stereocenters. The molecule has 78 valence electrons. The fourth-order valence-electron chi connectivity index (χ4n) is 2.50. The van der Waals surface area contributed by atoms with Crippen LogP contribution in [0.1, 0.15) is 44.0 Å². The molecule has 2 heterocycles. The Labute approximate surface area is 86.3 Å². The lowest BCUT2D eigenvalue weighted by Crippen LogP contribution is -2.38. The standard InChI is InChI=1S/C12H20N2/c1-4-5-12-10-6-7-13-11(10)8-9(2)14(12)3/h6-7,9,12-13H,4-5,8H2,1-3H3/t9-,12-/m1/s1. The third-order valence-corrected chi connectivity index (χ3v) is 3.48. The van der Waals surface area contributed by atoms with Gasteiger partial charge >= 0.3 is 0 Å². The van der Waals surface area contributed by atoms with Gasteiger partial charge in [-0.05, 0) is 32.0 Å². The summed E-state index contributed by atoms with van der Waals surface area (Å²) in [6.07, 6.45) is 5.77. The minimum atomic E-state index is 0.630. The van der Waals surface area contributed by atoms with Crippen molar-refractivity contribution in [3.63, 3.8) is 0 Å². The average Bonchev–Trinajstić information content (AvgIpc) is 2.60. The molecule has 0 amide bonds. The Morgan fingerprint density at radius 2 is 2.36 bits per heavy atom. The second-order valence-corrected chi connectivity index (χ2v) is 4.43. The van der Waals surface area contributed by atoms with Crippen LogP contribution in [-0.4, -0.2) is 23.0 Å². The lowest BCUT2D eigenvalue weighted by molar-refractivity contribution is 0.157. The zero-order valence-corrected chi connectivity index (χ0v) is 9.38. The molecule has 1 aromatic rings. The van der Waals surface area contributed by atoms with E-state index in [1.165, 1.54) is 30.5 Å². The van der Waals surface area contributed by atoms with Crippen LogP contribution in [0.5, 0.6) is 0 Å². The lowest BCUT2D eigenvalue weighted by atomic mass is 9.92. The fraction of sp³-hybridized carbons (Fsp3) is 0.667. The molecule has 1 aliphatic heterocycles. The van der Waals surface area contributed by atoms with Gasteiger partial charge in [-0.3, -0.25) is 4.90 Å². The minimum absolute atomic E-state index is 0.630. The number of hydrogen-bond donors (Lipinski definition) is 1. The molecule has 2 atom stereocenters. The normalized spacial score (nSPS) is 27.6. The van der Waals surface area contributed by atoms with E-state index in [0.29, 0.717) is 12.1 Å². The van der Waals surface area contributed by atoms with Crippen molar-refractivity contribution >= 4 is 0 Å². The summed E-state index contributed by atoms with van der Waals surface area (Å²) in [7, 11) is 2.25. The van der Waals surface area contributed by atoms with Crippen LogP contribution in [0.15, 0.2) is 12.3 Å². The van der Waals surface area contributed by atoms with Crippen molar-refractivity contribution in [1.82, 2.24) is 9.88 Å².